The zero-order chi connectivity index (χ0) is 19.9. The Balaban J connectivity index is 0.00000300. The molecule has 29 heavy (non-hydrogen) atoms. The molecule has 0 saturated carbocycles. The molecule has 0 spiro atoms. The third-order valence-corrected chi connectivity index (χ3v) is 5.13. The van der Waals surface area contributed by atoms with Crippen LogP contribution in [0.25, 0.3) is 0 Å². The summed E-state index contributed by atoms with van der Waals surface area (Å²) in [4.78, 5) is 12.9. The fourth-order valence-electron chi connectivity index (χ4n) is 2.65. The van der Waals surface area contributed by atoms with Crippen LogP contribution < -0.4 is 24.3 Å². The van der Waals surface area contributed by atoms with E-state index in [4.69, 9.17) is 18.9 Å². The quantitative estimate of drug-likeness (QED) is 0.420. The molecule has 0 N–H and O–H groups in total. The SMILES string of the molecule is COc1cc(OC)c(C(=O)Pc2ccc(Oc3ccccc3)cc2)c(OC)c1.[LiH]. The number of ether oxygens (including phenoxy) is 4. The molecule has 0 amide bonds. The van der Waals surface area contributed by atoms with E-state index in [0.717, 1.165) is 11.1 Å². The summed E-state index contributed by atoms with van der Waals surface area (Å²) in [6, 6.07) is 20.4. The van der Waals surface area contributed by atoms with Gasteiger partial charge in [0.1, 0.15) is 34.3 Å². The van der Waals surface area contributed by atoms with Crippen LogP contribution in [0, 0.1) is 0 Å². The molecule has 0 saturated heterocycles. The van der Waals surface area contributed by atoms with E-state index in [1.165, 1.54) is 14.2 Å². The molecule has 146 valence electrons. The zero-order valence-corrected chi connectivity index (χ0v) is 16.9. The van der Waals surface area contributed by atoms with Gasteiger partial charge in [0, 0.05) is 12.1 Å². The van der Waals surface area contributed by atoms with Gasteiger partial charge in [-0.05, 0) is 38.2 Å². The first-order valence-electron chi connectivity index (χ1n) is 8.59. The summed E-state index contributed by atoms with van der Waals surface area (Å²) in [6.45, 7) is 0. The first-order valence-corrected chi connectivity index (χ1v) is 9.59. The summed E-state index contributed by atoms with van der Waals surface area (Å²) in [5, 5.41) is 0.894. The second-order valence-electron chi connectivity index (χ2n) is 5.80. The number of benzene rings is 3. The van der Waals surface area contributed by atoms with Gasteiger partial charge in [-0.1, -0.05) is 30.3 Å². The number of carbonyl (C=O) groups is 1. The standard InChI is InChI=1S/C22H21O5P.Li.H/c1-24-17-13-19(25-2)21(20(14-17)26-3)22(23)28-18-11-9-16(10-12-18)27-15-7-5-4-6-8-15;;/h4-14,28H,1-3H3;;. The average Bonchev–Trinajstić information content (AvgIpc) is 2.74. The molecule has 3 aromatic carbocycles. The molecule has 0 bridgehead atoms. The molecule has 0 aromatic heterocycles. The van der Waals surface area contributed by atoms with Crippen molar-refractivity contribution in [3.63, 3.8) is 0 Å². The summed E-state index contributed by atoms with van der Waals surface area (Å²) < 4.78 is 21.8. The van der Waals surface area contributed by atoms with Crippen LogP contribution in [0.2, 0.25) is 0 Å². The second-order valence-corrected chi connectivity index (χ2v) is 7.08. The van der Waals surface area contributed by atoms with Gasteiger partial charge in [0.05, 0.1) is 21.3 Å². The Morgan fingerprint density at radius 1 is 0.724 bits per heavy atom. The first-order chi connectivity index (χ1) is 13.6. The maximum absolute atomic E-state index is 12.9. The molecule has 0 heterocycles. The van der Waals surface area contributed by atoms with Crippen LogP contribution in [0.15, 0.2) is 66.7 Å². The molecule has 0 radical (unpaired) electrons. The Kier molecular flexibility index (Phi) is 8.61. The molecular formula is C22H22LiO5P. The van der Waals surface area contributed by atoms with E-state index in [0.29, 0.717) is 28.6 Å². The Bertz CT molecular complexity index is 920. The summed E-state index contributed by atoms with van der Waals surface area (Å²) in [7, 11) is 4.51. The molecule has 0 fully saturated rings. The van der Waals surface area contributed by atoms with Gasteiger partial charge in [-0.3, -0.25) is 4.79 Å². The number of methoxy groups -OCH3 is 3. The van der Waals surface area contributed by atoms with Gasteiger partial charge >= 0.3 is 18.9 Å². The summed E-state index contributed by atoms with van der Waals surface area (Å²) >= 11 is 0. The molecule has 0 aliphatic rings. The van der Waals surface area contributed by atoms with Gasteiger partial charge in [0.2, 0.25) is 0 Å². The van der Waals surface area contributed by atoms with Crippen molar-refractivity contribution in [2.24, 2.45) is 0 Å². The van der Waals surface area contributed by atoms with Crippen LogP contribution in [-0.4, -0.2) is 45.7 Å². The van der Waals surface area contributed by atoms with Crippen molar-refractivity contribution in [2.75, 3.05) is 21.3 Å². The van der Waals surface area contributed by atoms with Gasteiger partial charge in [-0.2, -0.15) is 0 Å². The molecule has 1 atom stereocenters. The average molecular weight is 404 g/mol. The van der Waals surface area contributed by atoms with Crippen molar-refractivity contribution in [1.82, 2.24) is 0 Å². The van der Waals surface area contributed by atoms with Gasteiger partial charge in [-0.25, -0.2) is 0 Å². The Morgan fingerprint density at radius 2 is 1.28 bits per heavy atom. The molecule has 3 aromatic rings. The van der Waals surface area contributed by atoms with Crippen LogP contribution in [-0.2, 0) is 0 Å². The van der Waals surface area contributed by atoms with E-state index in [9.17, 15) is 4.79 Å². The van der Waals surface area contributed by atoms with E-state index >= 15 is 0 Å². The fourth-order valence-corrected chi connectivity index (χ4v) is 3.62. The van der Waals surface area contributed by atoms with Crippen LogP contribution in [0.3, 0.4) is 0 Å². The Labute approximate surface area is 184 Å². The number of para-hydroxylation sites is 1. The summed E-state index contributed by atoms with van der Waals surface area (Å²) in [5.74, 6) is 2.90. The van der Waals surface area contributed by atoms with Crippen molar-refractivity contribution < 1.29 is 23.7 Å². The molecule has 0 aliphatic carbocycles. The zero-order valence-electron chi connectivity index (χ0n) is 15.9. The van der Waals surface area contributed by atoms with Gasteiger partial charge < -0.3 is 18.9 Å². The second kappa shape index (κ2) is 10.9. The van der Waals surface area contributed by atoms with Crippen LogP contribution in [0.5, 0.6) is 28.7 Å². The van der Waals surface area contributed by atoms with Crippen molar-refractivity contribution in [3.05, 3.63) is 72.3 Å². The predicted octanol–water partition coefficient (Wildman–Crippen LogP) is 4.00. The molecule has 0 aliphatic heterocycles. The third-order valence-electron chi connectivity index (χ3n) is 4.03. The van der Waals surface area contributed by atoms with E-state index in [-0.39, 0.29) is 33.0 Å². The predicted molar refractivity (Wildman–Crippen MR) is 118 cm³/mol. The summed E-state index contributed by atoms with van der Waals surface area (Å²) in [5.41, 5.74) is 0.335. The van der Waals surface area contributed by atoms with E-state index in [1.807, 2.05) is 54.6 Å². The monoisotopic (exact) mass is 404 g/mol. The molecule has 5 nitrogen and oxygen atoms in total. The van der Waals surface area contributed by atoms with Crippen molar-refractivity contribution in [3.8, 4) is 28.7 Å². The van der Waals surface area contributed by atoms with Crippen molar-refractivity contribution in [2.45, 2.75) is 0 Å². The molecular weight excluding hydrogens is 382 g/mol. The molecule has 1 unspecified atom stereocenters. The van der Waals surface area contributed by atoms with Gasteiger partial charge in [-0.15, -0.1) is 0 Å². The number of carbonyl (C=O) groups excluding carboxylic acids is 1. The van der Waals surface area contributed by atoms with Crippen LogP contribution >= 0.6 is 8.58 Å². The normalized spacial score (nSPS) is 10.3. The maximum atomic E-state index is 12.9. The number of rotatable bonds is 8. The molecule has 7 heteroatoms. The van der Waals surface area contributed by atoms with Crippen molar-refractivity contribution >= 4 is 38.3 Å². The van der Waals surface area contributed by atoms with Crippen LogP contribution in [0.1, 0.15) is 10.4 Å². The minimum absolute atomic E-state index is 0. The van der Waals surface area contributed by atoms with E-state index < -0.39 is 0 Å². The molecule has 3 rings (SSSR count). The van der Waals surface area contributed by atoms with Gasteiger partial charge in [0.25, 0.3) is 0 Å². The topological polar surface area (TPSA) is 54.0 Å². The van der Waals surface area contributed by atoms with Crippen molar-refractivity contribution in [1.29, 1.82) is 0 Å². The third kappa shape index (κ3) is 5.78. The number of hydrogen-bond donors (Lipinski definition) is 0. The van der Waals surface area contributed by atoms with E-state index in [1.54, 1.807) is 19.2 Å². The number of hydrogen-bond acceptors (Lipinski definition) is 5. The fraction of sp³-hybridized carbons (Fsp3) is 0.136. The van der Waals surface area contributed by atoms with E-state index in [2.05, 4.69) is 0 Å². The first kappa shape index (κ1) is 22.8. The van der Waals surface area contributed by atoms with Gasteiger partial charge in [0.15, 0.2) is 5.52 Å². The Hall–Kier alpha value is -2.44. The minimum atomic E-state index is -0.0790. The summed E-state index contributed by atoms with van der Waals surface area (Å²) in [6.07, 6.45) is 0. The van der Waals surface area contributed by atoms with Crippen LogP contribution in [0.4, 0.5) is 0 Å². The Morgan fingerprint density at radius 3 is 1.79 bits per heavy atom.